The summed E-state index contributed by atoms with van der Waals surface area (Å²) in [6.07, 6.45) is 0.441. The van der Waals surface area contributed by atoms with Gasteiger partial charge in [-0.3, -0.25) is 0 Å². The van der Waals surface area contributed by atoms with Crippen molar-refractivity contribution in [1.82, 2.24) is 0 Å². The molecule has 100 valence electrons. The summed E-state index contributed by atoms with van der Waals surface area (Å²) in [5.74, 6) is -0.679. The summed E-state index contributed by atoms with van der Waals surface area (Å²) in [6.45, 7) is 1.77. The van der Waals surface area contributed by atoms with E-state index in [9.17, 15) is 8.78 Å². The van der Waals surface area contributed by atoms with E-state index >= 15 is 0 Å². The third-order valence-corrected chi connectivity index (χ3v) is 3.36. The van der Waals surface area contributed by atoms with Gasteiger partial charge in [-0.1, -0.05) is 23.7 Å². The maximum atomic E-state index is 13.3. The van der Waals surface area contributed by atoms with Crippen LogP contribution in [0, 0.1) is 11.6 Å². The fourth-order valence-corrected chi connectivity index (χ4v) is 2.39. The van der Waals surface area contributed by atoms with Crippen LogP contribution in [0.4, 0.5) is 8.78 Å². The van der Waals surface area contributed by atoms with Gasteiger partial charge in [0.25, 0.3) is 0 Å². The van der Waals surface area contributed by atoms with Crippen LogP contribution < -0.4 is 5.73 Å². The van der Waals surface area contributed by atoms with Gasteiger partial charge in [0.05, 0.1) is 0 Å². The first-order chi connectivity index (χ1) is 8.88. The maximum absolute atomic E-state index is 13.3. The molecule has 2 rings (SSSR count). The Balaban J connectivity index is 2.31. The number of hydrogen-bond acceptors (Lipinski definition) is 1. The van der Waals surface area contributed by atoms with Crippen LogP contribution in [0.25, 0.3) is 0 Å². The summed E-state index contributed by atoms with van der Waals surface area (Å²) >= 11 is 6.07. The molecule has 19 heavy (non-hydrogen) atoms. The summed E-state index contributed by atoms with van der Waals surface area (Å²) in [7, 11) is 0. The molecule has 2 N–H and O–H groups in total. The molecular weight excluding hydrogens is 268 g/mol. The molecule has 0 amide bonds. The summed E-state index contributed by atoms with van der Waals surface area (Å²) < 4.78 is 26.2. The molecule has 1 nitrogen and oxygen atoms in total. The molecule has 0 aliphatic rings. The lowest BCUT2D eigenvalue weighted by molar-refractivity contribution is 0.486. The van der Waals surface area contributed by atoms with Crippen molar-refractivity contribution in [3.8, 4) is 0 Å². The van der Waals surface area contributed by atoms with Gasteiger partial charge in [-0.05, 0) is 54.8 Å². The Hall–Kier alpha value is -1.45. The van der Waals surface area contributed by atoms with E-state index in [0.29, 0.717) is 17.0 Å². The average molecular weight is 282 g/mol. The van der Waals surface area contributed by atoms with Gasteiger partial charge in [0.15, 0.2) is 0 Å². The molecular formula is C15H14ClF2N. The Kier molecular flexibility index (Phi) is 3.88. The van der Waals surface area contributed by atoms with Crippen molar-refractivity contribution in [1.29, 1.82) is 0 Å². The van der Waals surface area contributed by atoms with E-state index in [1.165, 1.54) is 30.3 Å². The SMILES string of the molecule is CC(N)(Cc1ccc(F)cc1)c1cc(F)ccc1Cl. The van der Waals surface area contributed by atoms with Gasteiger partial charge in [-0.25, -0.2) is 8.78 Å². The molecule has 0 aromatic heterocycles. The second kappa shape index (κ2) is 5.27. The third kappa shape index (κ3) is 3.31. The van der Waals surface area contributed by atoms with Crippen LogP contribution in [0.2, 0.25) is 5.02 Å². The van der Waals surface area contributed by atoms with Crippen molar-refractivity contribution in [2.24, 2.45) is 5.73 Å². The Morgan fingerprint density at radius 1 is 1.05 bits per heavy atom. The van der Waals surface area contributed by atoms with E-state index in [-0.39, 0.29) is 11.6 Å². The molecule has 1 unspecified atom stereocenters. The molecule has 0 aliphatic heterocycles. The minimum absolute atomic E-state index is 0.300. The highest BCUT2D eigenvalue weighted by atomic mass is 35.5. The lowest BCUT2D eigenvalue weighted by atomic mass is 9.86. The summed E-state index contributed by atoms with van der Waals surface area (Å²) in [6, 6.07) is 10.2. The molecule has 0 radical (unpaired) electrons. The number of hydrogen-bond donors (Lipinski definition) is 1. The second-order valence-corrected chi connectivity index (χ2v) is 5.25. The highest BCUT2D eigenvalue weighted by molar-refractivity contribution is 6.31. The number of halogens is 3. The molecule has 0 heterocycles. The highest BCUT2D eigenvalue weighted by Gasteiger charge is 2.25. The first-order valence-electron chi connectivity index (χ1n) is 5.87. The molecule has 0 spiro atoms. The number of benzene rings is 2. The number of rotatable bonds is 3. The van der Waals surface area contributed by atoms with Crippen LogP contribution in [0.3, 0.4) is 0 Å². The summed E-state index contributed by atoms with van der Waals surface area (Å²) in [4.78, 5) is 0. The summed E-state index contributed by atoms with van der Waals surface area (Å²) in [5, 5.41) is 0.425. The Labute approximate surface area is 116 Å². The van der Waals surface area contributed by atoms with E-state index in [1.54, 1.807) is 19.1 Å². The fraction of sp³-hybridized carbons (Fsp3) is 0.200. The van der Waals surface area contributed by atoms with E-state index in [0.717, 1.165) is 5.56 Å². The van der Waals surface area contributed by atoms with Crippen LogP contribution in [-0.4, -0.2) is 0 Å². The van der Waals surface area contributed by atoms with Crippen molar-refractivity contribution in [2.45, 2.75) is 18.9 Å². The Morgan fingerprint density at radius 2 is 1.63 bits per heavy atom. The van der Waals surface area contributed by atoms with Gasteiger partial charge in [-0.15, -0.1) is 0 Å². The second-order valence-electron chi connectivity index (χ2n) is 4.84. The molecule has 2 aromatic rings. The lowest BCUT2D eigenvalue weighted by Gasteiger charge is -2.26. The minimum Gasteiger partial charge on any atom is -0.321 e. The average Bonchev–Trinajstić information content (AvgIpc) is 2.35. The standard InChI is InChI=1S/C15H14ClF2N/c1-15(19,9-10-2-4-11(17)5-3-10)13-8-12(18)6-7-14(13)16/h2-8H,9,19H2,1H3. The molecule has 2 aromatic carbocycles. The van der Waals surface area contributed by atoms with Crippen LogP contribution >= 0.6 is 11.6 Å². The van der Waals surface area contributed by atoms with Crippen LogP contribution in [-0.2, 0) is 12.0 Å². The lowest BCUT2D eigenvalue weighted by Crippen LogP contribution is -2.36. The number of nitrogens with two attached hydrogens (primary N) is 1. The molecule has 4 heteroatoms. The smallest absolute Gasteiger partial charge is 0.123 e. The molecule has 0 aliphatic carbocycles. The van der Waals surface area contributed by atoms with E-state index in [4.69, 9.17) is 17.3 Å². The molecule has 0 fully saturated rings. The molecule has 1 atom stereocenters. The fourth-order valence-electron chi connectivity index (χ4n) is 2.06. The molecule has 0 saturated carbocycles. The molecule has 0 bridgehead atoms. The summed E-state index contributed by atoms with van der Waals surface area (Å²) in [5.41, 5.74) is 6.82. The van der Waals surface area contributed by atoms with Crippen molar-refractivity contribution < 1.29 is 8.78 Å². The van der Waals surface area contributed by atoms with Crippen LogP contribution in [0.5, 0.6) is 0 Å². The van der Waals surface area contributed by atoms with Gasteiger partial charge < -0.3 is 5.73 Å². The van der Waals surface area contributed by atoms with Crippen molar-refractivity contribution in [2.75, 3.05) is 0 Å². The Morgan fingerprint density at radius 3 is 2.26 bits per heavy atom. The zero-order chi connectivity index (χ0) is 14.0. The maximum Gasteiger partial charge on any atom is 0.123 e. The quantitative estimate of drug-likeness (QED) is 0.903. The third-order valence-electron chi connectivity index (χ3n) is 3.03. The van der Waals surface area contributed by atoms with Crippen molar-refractivity contribution in [3.05, 3.63) is 70.2 Å². The van der Waals surface area contributed by atoms with Crippen LogP contribution in [0.1, 0.15) is 18.1 Å². The Bertz CT molecular complexity index is 579. The minimum atomic E-state index is -0.822. The van der Waals surface area contributed by atoms with Gasteiger partial charge in [0, 0.05) is 10.6 Å². The normalized spacial score (nSPS) is 14.2. The largest absolute Gasteiger partial charge is 0.321 e. The monoisotopic (exact) mass is 281 g/mol. The zero-order valence-corrected chi connectivity index (χ0v) is 11.2. The first-order valence-corrected chi connectivity index (χ1v) is 6.25. The van der Waals surface area contributed by atoms with Gasteiger partial charge in [0.2, 0.25) is 0 Å². The first kappa shape index (κ1) is 14.0. The topological polar surface area (TPSA) is 26.0 Å². The van der Waals surface area contributed by atoms with E-state index in [1.807, 2.05) is 0 Å². The van der Waals surface area contributed by atoms with Gasteiger partial charge in [-0.2, -0.15) is 0 Å². The zero-order valence-electron chi connectivity index (χ0n) is 10.5. The van der Waals surface area contributed by atoms with E-state index in [2.05, 4.69) is 0 Å². The van der Waals surface area contributed by atoms with Crippen LogP contribution in [0.15, 0.2) is 42.5 Å². The van der Waals surface area contributed by atoms with Crippen molar-refractivity contribution in [3.63, 3.8) is 0 Å². The predicted molar refractivity (Wildman–Crippen MR) is 73.1 cm³/mol. The van der Waals surface area contributed by atoms with Gasteiger partial charge in [0.1, 0.15) is 11.6 Å². The van der Waals surface area contributed by atoms with Gasteiger partial charge >= 0.3 is 0 Å². The van der Waals surface area contributed by atoms with E-state index < -0.39 is 5.54 Å². The highest BCUT2D eigenvalue weighted by Crippen LogP contribution is 2.29. The van der Waals surface area contributed by atoms with Crippen molar-refractivity contribution >= 4 is 11.6 Å². The molecule has 0 saturated heterocycles. The predicted octanol–water partition coefficient (Wildman–Crippen LogP) is 4.03.